The zero-order valence-electron chi connectivity index (χ0n) is 7.97. The summed E-state index contributed by atoms with van der Waals surface area (Å²) in [6, 6.07) is 9.62. The molecule has 74 valence electrons. The fraction of sp³-hybridized carbons (Fsp3) is 0.364. The Labute approximate surface area is 82.6 Å². The molecule has 1 fully saturated rings. The first kappa shape index (κ1) is 9.21. The van der Waals surface area contributed by atoms with Gasteiger partial charge in [-0.15, -0.1) is 0 Å². The molecule has 0 saturated carbocycles. The molecule has 1 aliphatic rings. The van der Waals surface area contributed by atoms with Gasteiger partial charge in [0, 0.05) is 0 Å². The molecule has 0 unspecified atom stereocenters. The standard InChI is InChI=1S/C11H12O3/c1-8-11(12)14-10(7-13-8)9-5-3-2-4-6-9/h2-6,8,10H,7H2,1H3/t8-,10+/m0/s1. The van der Waals surface area contributed by atoms with Crippen LogP contribution >= 0.6 is 0 Å². The number of ether oxygens (including phenoxy) is 2. The maximum Gasteiger partial charge on any atom is 0.335 e. The summed E-state index contributed by atoms with van der Waals surface area (Å²) in [6.07, 6.45) is -0.685. The van der Waals surface area contributed by atoms with E-state index < -0.39 is 6.10 Å². The predicted octanol–water partition coefficient (Wildman–Crippen LogP) is 1.69. The van der Waals surface area contributed by atoms with Crippen LogP contribution in [0.25, 0.3) is 0 Å². The largest absolute Gasteiger partial charge is 0.453 e. The first-order chi connectivity index (χ1) is 6.77. The van der Waals surface area contributed by atoms with Crippen LogP contribution in [0.1, 0.15) is 18.6 Å². The number of carbonyl (C=O) groups excluding carboxylic acids is 1. The highest BCUT2D eigenvalue weighted by molar-refractivity contribution is 5.75. The van der Waals surface area contributed by atoms with Gasteiger partial charge in [-0.25, -0.2) is 4.79 Å². The van der Waals surface area contributed by atoms with Crippen LogP contribution in [-0.2, 0) is 14.3 Å². The van der Waals surface area contributed by atoms with Gasteiger partial charge in [0.1, 0.15) is 0 Å². The average Bonchev–Trinajstić information content (AvgIpc) is 2.23. The summed E-state index contributed by atoms with van der Waals surface area (Å²) in [4.78, 5) is 11.2. The fourth-order valence-electron chi connectivity index (χ4n) is 1.40. The number of rotatable bonds is 1. The van der Waals surface area contributed by atoms with E-state index in [2.05, 4.69) is 0 Å². The van der Waals surface area contributed by atoms with Crippen molar-refractivity contribution in [2.75, 3.05) is 6.61 Å². The minimum Gasteiger partial charge on any atom is -0.453 e. The Hall–Kier alpha value is -1.35. The molecular weight excluding hydrogens is 180 g/mol. The topological polar surface area (TPSA) is 35.5 Å². The molecule has 2 rings (SSSR count). The highest BCUT2D eigenvalue weighted by Crippen LogP contribution is 2.22. The van der Waals surface area contributed by atoms with E-state index in [0.29, 0.717) is 6.61 Å². The van der Waals surface area contributed by atoms with Gasteiger partial charge in [0.2, 0.25) is 0 Å². The Bertz CT molecular complexity index is 321. The number of esters is 1. The summed E-state index contributed by atoms with van der Waals surface area (Å²) in [7, 11) is 0. The molecule has 1 aromatic carbocycles. The molecule has 0 bridgehead atoms. The molecule has 0 N–H and O–H groups in total. The second-order valence-electron chi connectivity index (χ2n) is 3.31. The number of carbonyl (C=O) groups is 1. The summed E-state index contributed by atoms with van der Waals surface area (Å²) in [5.41, 5.74) is 0.979. The second-order valence-corrected chi connectivity index (χ2v) is 3.31. The van der Waals surface area contributed by atoms with Crippen molar-refractivity contribution >= 4 is 5.97 Å². The maximum atomic E-state index is 11.2. The van der Waals surface area contributed by atoms with Crippen LogP contribution in [0.3, 0.4) is 0 Å². The van der Waals surface area contributed by atoms with Crippen LogP contribution in [0.2, 0.25) is 0 Å². The molecule has 1 aliphatic heterocycles. The summed E-state index contributed by atoms with van der Waals surface area (Å²) >= 11 is 0. The zero-order valence-corrected chi connectivity index (χ0v) is 7.97. The van der Waals surface area contributed by atoms with Crippen LogP contribution in [0.15, 0.2) is 30.3 Å². The molecule has 3 nitrogen and oxygen atoms in total. The van der Waals surface area contributed by atoms with Crippen molar-refractivity contribution in [3.63, 3.8) is 0 Å². The van der Waals surface area contributed by atoms with Gasteiger partial charge in [0.15, 0.2) is 12.2 Å². The average molecular weight is 192 g/mol. The summed E-state index contributed by atoms with van der Waals surface area (Å²) in [6.45, 7) is 2.14. The summed E-state index contributed by atoms with van der Waals surface area (Å²) in [5, 5.41) is 0. The van der Waals surface area contributed by atoms with Crippen LogP contribution in [0, 0.1) is 0 Å². The van der Waals surface area contributed by atoms with Gasteiger partial charge in [-0.2, -0.15) is 0 Å². The minimum atomic E-state index is -0.435. The van der Waals surface area contributed by atoms with Crippen molar-refractivity contribution in [1.82, 2.24) is 0 Å². The maximum absolute atomic E-state index is 11.2. The number of hydrogen-bond donors (Lipinski definition) is 0. The summed E-state index contributed by atoms with van der Waals surface area (Å²) < 4.78 is 10.5. The molecule has 3 heteroatoms. The summed E-state index contributed by atoms with van der Waals surface area (Å²) in [5.74, 6) is -0.287. The molecule has 0 amide bonds. The van der Waals surface area contributed by atoms with Crippen LogP contribution < -0.4 is 0 Å². The molecule has 0 radical (unpaired) electrons. The SMILES string of the molecule is C[C@@H]1OC[C@H](c2ccccc2)OC1=O. The Morgan fingerprint density at radius 1 is 1.29 bits per heavy atom. The van der Waals surface area contributed by atoms with E-state index in [1.54, 1.807) is 6.92 Å². The monoisotopic (exact) mass is 192 g/mol. The van der Waals surface area contributed by atoms with E-state index >= 15 is 0 Å². The quantitative estimate of drug-likeness (QED) is 0.635. The van der Waals surface area contributed by atoms with Gasteiger partial charge in [-0.3, -0.25) is 0 Å². The Morgan fingerprint density at radius 3 is 2.64 bits per heavy atom. The first-order valence-corrected chi connectivity index (χ1v) is 4.64. The van der Waals surface area contributed by atoms with E-state index in [-0.39, 0.29) is 12.1 Å². The van der Waals surface area contributed by atoms with E-state index in [0.717, 1.165) is 5.56 Å². The van der Waals surface area contributed by atoms with E-state index in [1.807, 2.05) is 30.3 Å². The van der Waals surface area contributed by atoms with Crippen molar-refractivity contribution in [2.45, 2.75) is 19.1 Å². The van der Waals surface area contributed by atoms with Crippen LogP contribution in [-0.4, -0.2) is 18.7 Å². The molecule has 1 saturated heterocycles. The van der Waals surface area contributed by atoms with Crippen molar-refractivity contribution in [1.29, 1.82) is 0 Å². The third-order valence-corrected chi connectivity index (χ3v) is 2.26. The lowest BCUT2D eigenvalue weighted by molar-refractivity contribution is -0.182. The Balaban J connectivity index is 2.11. The van der Waals surface area contributed by atoms with Crippen molar-refractivity contribution in [2.24, 2.45) is 0 Å². The fourth-order valence-corrected chi connectivity index (χ4v) is 1.40. The van der Waals surface area contributed by atoms with Crippen LogP contribution in [0.4, 0.5) is 0 Å². The van der Waals surface area contributed by atoms with Crippen molar-refractivity contribution in [3.8, 4) is 0 Å². The van der Waals surface area contributed by atoms with Crippen LogP contribution in [0.5, 0.6) is 0 Å². The molecule has 14 heavy (non-hydrogen) atoms. The van der Waals surface area contributed by atoms with Gasteiger partial charge in [0.25, 0.3) is 0 Å². The van der Waals surface area contributed by atoms with Gasteiger partial charge < -0.3 is 9.47 Å². The van der Waals surface area contributed by atoms with Gasteiger partial charge in [0.05, 0.1) is 6.61 Å². The molecule has 2 atom stereocenters. The van der Waals surface area contributed by atoms with Crippen molar-refractivity contribution in [3.05, 3.63) is 35.9 Å². The van der Waals surface area contributed by atoms with E-state index in [9.17, 15) is 4.79 Å². The predicted molar refractivity (Wildman–Crippen MR) is 50.7 cm³/mol. The van der Waals surface area contributed by atoms with Gasteiger partial charge in [-0.05, 0) is 12.5 Å². The van der Waals surface area contributed by atoms with Crippen molar-refractivity contribution < 1.29 is 14.3 Å². The molecule has 0 aliphatic carbocycles. The lowest BCUT2D eigenvalue weighted by Crippen LogP contribution is -2.33. The lowest BCUT2D eigenvalue weighted by atomic mass is 10.1. The molecule has 0 aromatic heterocycles. The van der Waals surface area contributed by atoms with Gasteiger partial charge in [-0.1, -0.05) is 30.3 Å². The molecular formula is C11H12O3. The zero-order chi connectivity index (χ0) is 9.97. The third kappa shape index (κ3) is 1.77. The highest BCUT2D eigenvalue weighted by atomic mass is 16.6. The van der Waals surface area contributed by atoms with E-state index in [4.69, 9.17) is 9.47 Å². The highest BCUT2D eigenvalue weighted by Gasteiger charge is 2.28. The first-order valence-electron chi connectivity index (χ1n) is 4.64. The normalized spacial score (nSPS) is 27.1. The van der Waals surface area contributed by atoms with E-state index in [1.165, 1.54) is 0 Å². The van der Waals surface area contributed by atoms with Gasteiger partial charge >= 0.3 is 5.97 Å². The minimum absolute atomic E-state index is 0.250. The third-order valence-electron chi connectivity index (χ3n) is 2.26. The molecule has 1 heterocycles. The number of hydrogen-bond acceptors (Lipinski definition) is 3. The lowest BCUT2D eigenvalue weighted by Gasteiger charge is -2.26. The number of cyclic esters (lactones) is 1. The smallest absolute Gasteiger partial charge is 0.335 e. The number of benzene rings is 1. The Kier molecular flexibility index (Phi) is 2.50. The second kappa shape index (κ2) is 3.80. The Morgan fingerprint density at radius 2 is 2.00 bits per heavy atom. The molecule has 0 spiro atoms. The molecule has 1 aromatic rings.